The topological polar surface area (TPSA) is 78.8 Å². The second-order valence-electron chi connectivity index (χ2n) is 5.89. The third kappa shape index (κ3) is 4.30. The number of benzene rings is 2. The molecule has 0 unspecified atom stereocenters. The van der Waals surface area contributed by atoms with Gasteiger partial charge in [0.2, 0.25) is 10.0 Å². The third-order valence-corrected chi connectivity index (χ3v) is 6.23. The molecule has 0 aliphatic carbocycles. The molecular formula is C18H18ClN3O3S. The summed E-state index contributed by atoms with van der Waals surface area (Å²) in [5.74, 6) is -0.416. The Labute approximate surface area is 157 Å². The number of carbonyl (C=O) groups excluding carboxylic acids is 1. The van der Waals surface area contributed by atoms with Crippen molar-refractivity contribution in [3.63, 3.8) is 0 Å². The van der Waals surface area contributed by atoms with Crippen LogP contribution >= 0.6 is 11.6 Å². The molecule has 1 saturated heterocycles. The van der Waals surface area contributed by atoms with Crippen LogP contribution in [0.15, 0.2) is 58.5 Å². The lowest BCUT2D eigenvalue weighted by atomic mass is 10.2. The zero-order valence-electron chi connectivity index (χ0n) is 13.9. The van der Waals surface area contributed by atoms with Crippen molar-refractivity contribution in [2.45, 2.75) is 17.7 Å². The van der Waals surface area contributed by atoms with Crippen LogP contribution in [0.25, 0.3) is 0 Å². The lowest BCUT2D eigenvalue weighted by molar-refractivity contribution is 0.0955. The molecule has 0 atom stereocenters. The molecule has 1 aliphatic heterocycles. The van der Waals surface area contributed by atoms with E-state index in [9.17, 15) is 13.2 Å². The SMILES string of the molecule is O=C(N/N=C\c1ccc(Cl)cc1)c1ccc(S(=O)(=O)N2CCCC2)cc1. The van der Waals surface area contributed by atoms with Gasteiger partial charge in [-0.25, -0.2) is 13.8 Å². The molecule has 8 heteroatoms. The molecule has 26 heavy (non-hydrogen) atoms. The van der Waals surface area contributed by atoms with Crippen molar-refractivity contribution in [1.82, 2.24) is 9.73 Å². The van der Waals surface area contributed by atoms with Crippen molar-refractivity contribution < 1.29 is 13.2 Å². The summed E-state index contributed by atoms with van der Waals surface area (Å²) in [6.45, 7) is 1.09. The van der Waals surface area contributed by atoms with E-state index in [-0.39, 0.29) is 4.90 Å². The van der Waals surface area contributed by atoms with Crippen molar-refractivity contribution in [2.75, 3.05) is 13.1 Å². The number of amides is 1. The first-order valence-electron chi connectivity index (χ1n) is 8.16. The first kappa shape index (κ1) is 18.6. The molecule has 1 aliphatic rings. The second-order valence-corrected chi connectivity index (χ2v) is 8.26. The lowest BCUT2D eigenvalue weighted by Crippen LogP contribution is -2.28. The molecule has 1 fully saturated rings. The zero-order chi connectivity index (χ0) is 18.6. The third-order valence-electron chi connectivity index (χ3n) is 4.07. The zero-order valence-corrected chi connectivity index (χ0v) is 15.5. The van der Waals surface area contributed by atoms with Gasteiger partial charge in [-0.15, -0.1) is 0 Å². The van der Waals surface area contributed by atoms with Gasteiger partial charge in [0.15, 0.2) is 0 Å². The summed E-state index contributed by atoms with van der Waals surface area (Å²) in [4.78, 5) is 12.3. The Balaban J connectivity index is 1.64. The van der Waals surface area contributed by atoms with E-state index in [0.29, 0.717) is 23.7 Å². The van der Waals surface area contributed by atoms with E-state index in [0.717, 1.165) is 18.4 Å². The van der Waals surface area contributed by atoms with Crippen LogP contribution in [0.3, 0.4) is 0 Å². The lowest BCUT2D eigenvalue weighted by Gasteiger charge is -2.15. The number of rotatable bonds is 5. The Morgan fingerprint density at radius 3 is 2.27 bits per heavy atom. The minimum Gasteiger partial charge on any atom is -0.267 e. The van der Waals surface area contributed by atoms with Crippen LogP contribution in [0.1, 0.15) is 28.8 Å². The summed E-state index contributed by atoms with van der Waals surface area (Å²) in [7, 11) is -3.48. The Hall–Kier alpha value is -2.22. The van der Waals surface area contributed by atoms with Crippen LogP contribution in [0.4, 0.5) is 0 Å². The molecular weight excluding hydrogens is 374 g/mol. The average molecular weight is 392 g/mol. The summed E-state index contributed by atoms with van der Waals surface area (Å²) in [5.41, 5.74) is 3.54. The summed E-state index contributed by atoms with van der Waals surface area (Å²) >= 11 is 5.80. The maximum absolute atomic E-state index is 12.5. The van der Waals surface area contributed by atoms with E-state index in [2.05, 4.69) is 10.5 Å². The minimum atomic E-state index is -3.48. The van der Waals surface area contributed by atoms with E-state index in [1.54, 1.807) is 24.3 Å². The second kappa shape index (κ2) is 7.99. The molecule has 2 aromatic rings. The number of carbonyl (C=O) groups is 1. The van der Waals surface area contributed by atoms with Gasteiger partial charge >= 0.3 is 0 Å². The van der Waals surface area contributed by atoms with Gasteiger partial charge < -0.3 is 0 Å². The molecule has 0 saturated carbocycles. The van der Waals surface area contributed by atoms with Crippen LogP contribution in [-0.2, 0) is 10.0 Å². The van der Waals surface area contributed by atoms with Gasteiger partial charge in [-0.1, -0.05) is 23.7 Å². The number of nitrogens with one attached hydrogen (secondary N) is 1. The van der Waals surface area contributed by atoms with Crippen molar-refractivity contribution >= 4 is 33.7 Å². The van der Waals surface area contributed by atoms with Gasteiger partial charge in [-0.3, -0.25) is 4.79 Å². The van der Waals surface area contributed by atoms with Gasteiger partial charge in [-0.2, -0.15) is 9.41 Å². The van der Waals surface area contributed by atoms with Crippen molar-refractivity contribution in [2.24, 2.45) is 5.10 Å². The quantitative estimate of drug-likeness (QED) is 0.628. The summed E-state index contributed by atoms with van der Waals surface area (Å²) < 4.78 is 26.4. The van der Waals surface area contributed by atoms with Crippen molar-refractivity contribution in [1.29, 1.82) is 0 Å². The number of hydrogen-bond acceptors (Lipinski definition) is 4. The Bertz CT molecular complexity index is 904. The number of halogens is 1. The number of hydrogen-bond donors (Lipinski definition) is 1. The van der Waals surface area contributed by atoms with Gasteiger partial charge in [0, 0.05) is 23.7 Å². The molecule has 0 radical (unpaired) electrons. The number of nitrogens with zero attached hydrogens (tertiary/aromatic N) is 2. The molecule has 0 aromatic heterocycles. The maximum Gasteiger partial charge on any atom is 0.271 e. The van der Waals surface area contributed by atoms with E-state index in [4.69, 9.17) is 11.6 Å². The predicted molar refractivity (Wildman–Crippen MR) is 101 cm³/mol. The van der Waals surface area contributed by atoms with Gasteiger partial charge in [0.1, 0.15) is 0 Å². The first-order valence-corrected chi connectivity index (χ1v) is 9.98. The molecule has 2 aromatic carbocycles. The van der Waals surface area contributed by atoms with Crippen molar-refractivity contribution in [3.8, 4) is 0 Å². The van der Waals surface area contributed by atoms with Gasteiger partial charge in [0.25, 0.3) is 5.91 Å². The Morgan fingerprint density at radius 1 is 1.04 bits per heavy atom. The fraction of sp³-hybridized carbons (Fsp3) is 0.222. The highest BCUT2D eigenvalue weighted by molar-refractivity contribution is 7.89. The van der Waals surface area contributed by atoms with Crippen LogP contribution in [0, 0.1) is 0 Å². The molecule has 1 amide bonds. The summed E-state index contributed by atoms with van der Waals surface area (Å²) in [6, 6.07) is 12.9. The molecule has 1 heterocycles. The van der Waals surface area contributed by atoms with Crippen LogP contribution in [-0.4, -0.2) is 37.9 Å². The monoisotopic (exact) mass is 391 g/mol. The number of sulfonamides is 1. The van der Waals surface area contributed by atoms with Gasteiger partial charge in [-0.05, 0) is 54.8 Å². The minimum absolute atomic E-state index is 0.195. The predicted octanol–water partition coefficient (Wildman–Crippen LogP) is 2.89. The van der Waals surface area contributed by atoms with Crippen LogP contribution in [0.5, 0.6) is 0 Å². The fourth-order valence-electron chi connectivity index (χ4n) is 2.63. The molecule has 136 valence electrons. The molecule has 6 nitrogen and oxygen atoms in total. The smallest absolute Gasteiger partial charge is 0.267 e. The summed E-state index contributed by atoms with van der Waals surface area (Å²) in [6.07, 6.45) is 3.26. The summed E-state index contributed by atoms with van der Waals surface area (Å²) in [5, 5.41) is 4.51. The van der Waals surface area contributed by atoms with E-state index < -0.39 is 15.9 Å². The Morgan fingerprint density at radius 2 is 1.65 bits per heavy atom. The number of hydrazone groups is 1. The van der Waals surface area contributed by atoms with E-state index in [1.807, 2.05) is 0 Å². The molecule has 0 bridgehead atoms. The standard InChI is InChI=1S/C18H18ClN3O3S/c19-16-7-3-14(4-8-16)13-20-21-18(23)15-5-9-17(10-6-15)26(24,25)22-11-1-2-12-22/h3-10,13H,1-2,11-12H2,(H,21,23)/b20-13-. The van der Waals surface area contributed by atoms with Crippen molar-refractivity contribution in [3.05, 3.63) is 64.7 Å². The largest absolute Gasteiger partial charge is 0.271 e. The Kier molecular flexibility index (Phi) is 5.70. The highest BCUT2D eigenvalue weighted by atomic mass is 35.5. The molecule has 1 N–H and O–H groups in total. The normalized spacial score (nSPS) is 15.4. The van der Waals surface area contributed by atoms with Gasteiger partial charge in [0.05, 0.1) is 11.1 Å². The average Bonchev–Trinajstić information content (AvgIpc) is 3.19. The van der Waals surface area contributed by atoms with E-state index in [1.165, 1.54) is 34.8 Å². The van der Waals surface area contributed by atoms with E-state index >= 15 is 0 Å². The molecule has 3 rings (SSSR count). The van der Waals surface area contributed by atoms with Crippen LogP contribution in [0.2, 0.25) is 5.02 Å². The first-order chi connectivity index (χ1) is 12.5. The molecule has 0 spiro atoms. The fourth-order valence-corrected chi connectivity index (χ4v) is 4.28. The highest BCUT2D eigenvalue weighted by Gasteiger charge is 2.27. The maximum atomic E-state index is 12.5. The highest BCUT2D eigenvalue weighted by Crippen LogP contribution is 2.21. The van der Waals surface area contributed by atoms with Crippen LogP contribution < -0.4 is 5.43 Å².